The van der Waals surface area contributed by atoms with E-state index in [0.717, 1.165) is 37.0 Å². The van der Waals surface area contributed by atoms with Gasteiger partial charge in [-0.15, -0.1) is 0 Å². The molecule has 0 aromatic heterocycles. The van der Waals surface area contributed by atoms with E-state index in [1.54, 1.807) is 0 Å². The van der Waals surface area contributed by atoms with Crippen molar-refractivity contribution in [3.05, 3.63) is 0 Å². The molecule has 0 spiro atoms. The molecule has 1 saturated heterocycles. The third kappa shape index (κ3) is 13.9. The summed E-state index contributed by atoms with van der Waals surface area (Å²) in [5.41, 5.74) is 0. The van der Waals surface area contributed by atoms with Crippen molar-refractivity contribution < 1.29 is 17.5 Å². The molecule has 0 N–H and O–H groups in total. The van der Waals surface area contributed by atoms with E-state index in [1.807, 2.05) is 0 Å². The Bertz CT molecular complexity index is 470. The summed E-state index contributed by atoms with van der Waals surface area (Å²) in [6.45, 7) is 5.38. The van der Waals surface area contributed by atoms with Crippen LogP contribution in [-0.2, 0) is 10.1 Å². The second-order valence-electron chi connectivity index (χ2n) is 9.58. The number of nitrogens with zero attached hydrogens (tertiary/aromatic N) is 1. The molecule has 1 aliphatic rings. The Balaban J connectivity index is 2.23. The first-order chi connectivity index (χ1) is 13.3. The zero-order chi connectivity index (χ0) is 20.7. The monoisotopic (exact) mass is 417 g/mol. The molecule has 0 amide bonds. The molecule has 0 aromatic rings. The lowest BCUT2D eigenvalue weighted by Gasteiger charge is -2.37. The molecular weight excluding hydrogens is 370 g/mol. The molecule has 168 valence electrons. The molecule has 28 heavy (non-hydrogen) atoms. The van der Waals surface area contributed by atoms with Gasteiger partial charge in [0.05, 0.1) is 36.8 Å². The van der Waals surface area contributed by atoms with Crippen LogP contribution < -0.4 is 0 Å². The average molecular weight is 418 g/mol. The van der Waals surface area contributed by atoms with Crippen molar-refractivity contribution >= 4 is 10.1 Å². The summed E-state index contributed by atoms with van der Waals surface area (Å²) in [5, 5.41) is 0. The van der Waals surface area contributed by atoms with Gasteiger partial charge in [-0.25, -0.2) is 8.42 Å². The number of rotatable bonds is 16. The number of unbranched alkanes of at least 4 members (excludes halogenated alkanes) is 10. The Labute approximate surface area is 175 Å². The zero-order valence-electron chi connectivity index (χ0n) is 18.8. The van der Waals surface area contributed by atoms with Crippen molar-refractivity contribution in [3.63, 3.8) is 0 Å². The predicted molar refractivity (Wildman–Crippen MR) is 118 cm³/mol. The van der Waals surface area contributed by atoms with Gasteiger partial charge in [0.1, 0.15) is 0 Å². The molecule has 0 bridgehead atoms. The van der Waals surface area contributed by atoms with Gasteiger partial charge < -0.3 is 9.04 Å². The van der Waals surface area contributed by atoms with E-state index >= 15 is 0 Å². The number of hydrogen-bond donors (Lipinski definition) is 0. The van der Waals surface area contributed by atoms with Crippen LogP contribution in [0.4, 0.5) is 0 Å². The van der Waals surface area contributed by atoms with E-state index in [4.69, 9.17) is 0 Å². The molecule has 0 aliphatic carbocycles. The van der Waals surface area contributed by atoms with Crippen LogP contribution in [-0.4, -0.2) is 49.9 Å². The SMILES string of the molecule is CCCCCCCCCCCCCC(C[N+]1(C)CCCCCC1)CS(=O)(=O)[O-]. The van der Waals surface area contributed by atoms with Crippen molar-refractivity contribution in [2.45, 2.75) is 110 Å². The van der Waals surface area contributed by atoms with Gasteiger partial charge in [-0.3, -0.25) is 0 Å². The highest BCUT2D eigenvalue weighted by atomic mass is 32.2. The van der Waals surface area contributed by atoms with Gasteiger partial charge in [0.25, 0.3) is 0 Å². The minimum Gasteiger partial charge on any atom is -0.748 e. The van der Waals surface area contributed by atoms with Gasteiger partial charge in [0, 0.05) is 11.7 Å². The summed E-state index contributed by atoms with van der Waals surface area (Å²) in [6, 6.07) is 0. The fourth-order valence-corrected chi connectivity index (χ4v) is 5.72. The third-order valence-corrected chi connectivity index (χ3v) is 7.38. The van der Waals surface area contributed by atoms with Crippen LogP contribution in [0.5, 0.6) is 0 Å². The second-order valence-corrected chi connectivity index (χ2v) is 11.0. The van der Waals surface area contributed by atoms with Gasteiger partial charge in [-0.1, -0.05) is 77.6 Å². The maximum atomic E-state index is 11.4. The second kappa shape index (κ2) is 14.8. The highest BCUT2D eigenvalue weighted by Crippen LogP contribution is 2.22. The summed E-state index contributed by atoms with van der Waals surface area (Å²) in [5.74, 6) is -0.136. The van der Waals surface area contributed by atoms with Crippen LogP contribution in [0.15, 0.2) is 0 Å². The first kappa shape index (κ1) is 25.9. The number of quaternary nitrogens is 1. The average Bonchev–Trinajstić information content (AvgIpc) is 2.82. The summed E-state index contributed by atoms with van der Waals surface area (Å²) in [4.78, 5) is 0. The number of hydrogen-bond acceptors (Lipinski definition) is 3. The minimum atomic E-state index is -4.13. The topological polar surface area (TPSA) is 57.2 Å². The van der Waals surface area contributed by atoms with Gasteiger partial charge in [0.15, 0.2) is 0 Å². The van der Waals surface area contributed by atoms with Crippen molar-refractivity contribution in [1.29, 1.82) is 0 Å². The first-order valence-corrected chi connectivity index (χ1v) is 13.7. The van der Waals surface area contributed by atoms with Crippen LogP contribution in [0.3, 0.4) is 0 Å². The molecular formula is C23H47NO3S. The Morgan fingerprint density at radius 2 is 1.25 bits per heavy atom. The highest BCUT2D eigenvalue weighted by molar-refractivity contribution is 7.85. The van der Waals surface area contributed by atoms with Crippen LogP contribution in [0, 0.1) is 5.92 Å². The molecule has 0 aromatic carbocycles. The summed E-state index contributed by atoms with van der Waals surface area (Å²) >= 11 is 0. The lowest BCUT2D eigenvalue weighted by Crippen LogP contribution is -2.49. The Morgan fingerprint density at radius 1 is 0.786 bits per heavy atom. The van der Waals surface area contributed by atoms with Gasteiger partial charge in [-0.05, 0) is 32.1 Å². The Morgan fingerprint density at radius 3 is 1.71 bits per heavy atom. The lowest BCUT2D eigenvalue weighted by atomic mass is 9.99. The molecule has 1 fully saturated rings. The van der Waals surface area contributed by atoms with E-state index in [9.17, 15) is 13.0 Å². The molecule has 5 heteroatoms. The van der Waals surface area contributed by atoms with Crippen LogP contribution in [0.2, 0.25) is 0 Å². The third-order valence-electron chi connectivity index (χ3n) is 6.50. The van der Waals surface area contributed by atoms with Gasteiger partial charge >= 0.3 is 0 Å². The standard InChI is InChI=1S/C23H47NO3S/c1-3-4-5-6-7-8-9-10-11-12-15-18-23(22-28(25,26)27)21-24(2)19-16-13-14-17-20-24/h23H,3-22H2,1-2H3. The van der Waals surface area contributed by atoms with E-state index < -0.39 is 10.1 Å². The zero-order valence-corrected chi connectivity index (χ0v) is 19.6. The van der Waals surface area contributed by atoms with Crippen LogP contribution in [0.1, 0.15) is 110 Å². The van der Waals surface area contributed by atoms with E-state index in [-0.39, 0.29) is 11.7 Å². The van der Waals surface area contributed by atoms with Crippen molar-refractivity contribution in [2.24, 2.45) is 5.92 Å². The minimum absolute atomic E-state index is 0.0316. The highest BCUT2D eigenvalue weighted by Gasteiger charge is 2.28. The van der Waals surface area contributed by atoms with Gasteiger partial charge in [-0.2, -0.15) is 0 Å². The normalized spacial score (nSPS) is 18.7. The first-order valence-electron chi connectivity index (χ1n) is 12.1. The fourth-order valence-electron chi connectivity index (χ4n) is 4.87. The van der Waals surface area contributed by atoms with E-state index in [2.05, 4.69) is 14.0 Å². The van der Waals surface area contributed by atoms with Gasteiger partial charge in [0.2, 0.25) is 0 Å². The van der Waals surface area contributed by atoms with E-state index in [0.29, 0.717) is 0 Å². The molecule has 0 radical (unpaired) electrons. The molecule has 0 saturated carbocycles. The fraction of sp³-hybridized carbons (Fsp3) is 1.00. The van der Waals surface area contributed by atoms with Crippen molar-refractivity contribution in [3.8, 4) is 0 Å². The molecule has 1 unspecified atom stereocenters. The maximum Gasteiger partial charge on any atom is 0.0950 e. The van der Waals surface area contributed by atoms with Crippen molar-refractivity contribution in [1.82, 2.24) is 0 Å². The predicted octanol–water partition coefficient (Wildman–Crippen LogP) is 5.87. The molecule has 1 rings (SSSR count). The maximum absolute atomic E-state index is 11.4. The Hall–Kier alpha value is -0.130. The molecule has 1 aliphatic heterocycles. The smallest absolute Gasteiger partial charge is 0.0950 e. The van der Waals surface area contributed by atoms with E-state index in [1.165, 1.54) is 89.9 Å². The lowest BCUT2D eigenvalue weighted by molar-refractivity contribution is -0.911. The molecule has 1 atom stereocenters. The Kier molecular flexibility index (Phi) is 13.7. The van der Waals surface area contributed by atoms with Crippen LogP contribution in [0.25, 0.3) is 0 Å². The number of likely N-dealkylation sites (tertiary alicyclic amines) is 1. The molecule has 4 nitrogen and oxygen atoms in total. The summed E-state index contributed by atoms with van der Waals surface area (Å²) < 4.78 is 35.1. The summed E-state index contributed by atoms with van der Waals surface area (Å²) in [6.07, 6.45) is 20.2. The quantitative estimate of drug-likeness (QED) is 0.179. The van der Waals surface area contributed by atoms with Crippen molar-refractivity contribution in [2.75, 3.05) is 32.4 Å². The summed E-state index contributed by atoms with van der Waals surface area (Å²) in [7, 11) is -1.87. The molecule has 1 heterocycles. The largest absolute Gasteiger partial charge is 0.748 e. The van der Waals surface area contributed by atoms with Crippen LogP contribution >= 0.6 is 0 Å².